The van der Waals surface area contributed by atoms with Gasteiger partial charge in [0.1, 0.15) is 0 Å². The van der Waals surface area contributed by atoms with Gasteiger partial charge >= 0.3 is 0 Å². The average molecular weight is 316 g/mol. The summed E-state index contributed by atoms with van der Waals surface area (Å²) in [6, 6.07) is 3.73. The second-order valence-corrected chi connectivity index (χ2v) is 5.63. The summed E-state index contributed by atoms with van der Waals surface area (Å²) >= 11 is 6.30. The lowest BCUT2D eigenvalue weighted by Gasteiger charge is -2.16. The number of ether oxygens (including phenoxy) is 2. The van der Waals surface area contributed by atoms with Crippen LogP contribution >= 0.6 is 11.6 Å². The van der Waals surface area contributed by atoms with E-state index in [1.807, 2.05) is 26.0 Å². The van der Waals surface area contributed by atoms with Crippen LogP contribution in [-0.4, -0.2) is 31.5 Å². The fourth-order valence-corrected chi connectivity index (χ4v) is 2.20. The fraction of sp³-hybridized carbons (Fsp3) is 0.625. The lowest BCUT2D eigenvalue weighted by molar-refractivity contribution is 0.230. The molecule has 0 aromatic heterocycles. The van der Waals surface area contributed by atoms with Crippen molar-refractivity contribution in [2.45, 2.75) is 45.8 Å². The van der Waals surface area contributed by atoms with Gasteiger partial charge in [-0.1, -0.05) is 11.6 Å². The van der Waals surface area contributed by atoms with Gasteiger partial charge in [-0.2, -0.15) is 0 Å². The zero-order chi connectivity index (χ0) is 15.7. The maximum absolute atomic E-state index is 8.72. The van der Waals surface area contributed by atoms with Gasteiger partial charge in [0.15, 0.2) is 11.5 Å². The summed E-state index contributed by atoms with van der Waals surface area (Å²) in [5.41, 5.74) is 0.992. The van der Waals surface area contributed by atoms with Crippen LogP contribution in [0.25, 0.3) is 0 Å². The number of unbranched alkanes of at least 4 members (excludes halogenated alkanes) is 2. The van der Waals surface area contributed by atoms with Crippen molar-refractivity contribution in [2.24, 2.45) is 0 Å². The van der Waals surface area contributed by atoms with Gasteiger partial charge < -0.3 is 19.9 Å². The lowest BCUT2D eigenvalue weighted by atomic mass is 10.2. The monoisotopic (exact) mass is 315 g/mol. The Morgan fingerprint density at radius 2 is 1.95 bits per heavy atom. The number of hydrogen-bond acceptors (Lipinski definition) is 4. The first kappa shape index (κ1) is 18.1. The summed E-state index contributed by atoms with van der Waals surface area (Å²) in [6.07, 6.45) is 3.01. The minimum Gasteiger partial charge on any atom is -0.493 e. The van der Waals surface area contributed by atoms with Crippen molar-refractivity contribution >= 4 is 11.6 Å². The Balaban J connectivity index is 2.58. The Morgan fingerprint density at radius 1 is 1.19 bits per heavy atom. The van der Waals surface area contributed by atoms with Crippen molar-refractivity contribution in [1.29, 1.82) is 0 Å². The molecule has 2 N–H and O–H groups in total. The van der Waals surface area contributed by atoms with Gasteiger partial charge in [0.2, 0.25) is 0 Å². The van der Waals surface area contributed by atoms with Gasteiger partial charge in [0, 0.05) is 24.2 Å². The molecule has 0 saturated heterocycles. The molecule has 5 heteroatoms. The third-order valence-corrected chi connectivity index (χ3v) is 3.37. The zero-order valence-electron chi connectivity index (χ0n) is 13.1. The van der Waals surface area contributed by atoms with E-state index in [-0.39, 0.29) is 12.7 Å². The lowest BCUT2D eigenvalue weighted by Crippen LogP contribution is -2.15. The van der Waals surface area contributed by atoms with E-state index in [0.29, 0.717) is 23.1 Å². The number of rotatable bonds is 10. The van der Waals surface area contributed by atoms with Crippen LogP contribution in [0.5, 0.6) is 11.5 Å². The Bertz CT molecular complexity index is 424. The fourth-order valence-electron chi connectivity index (χ4n) is 1.98. The second-order valence-electron chi connectivity index (χ2n) is 5.22. The molecule has 0 atom stereocenters. The highest BCUT2D eigenvalue weighted by molar-refractivity contribution is 6.31. The van der Waals surface area contributed by atoms with Gasteiger partial charge in [-0.05, 0) is 51.3 Å². The van der Waals surface area contributed by atoms with Crippen LogP contribution in [-0.2, 0) is 6.54 Å². The van der Waals surface area contributed by atoms with E-state index < -0.39 is 0 Å². The molecule has 0 saturated carbocycles. The summed E-state index contributed by atoms with van der Waals surface area (Å²) in [7, 11) is 1.63. The second kappa shape index (κ2) is 9.87. The van der Waals surface area contributed by atoms with E-state index in [1.54, 1.807) is 7.11 Å². The van der Waals surface area contributed by atoms with Crippen LogP contribution in [0.15, 0.2) is 12.1 Å². The molecule has 0 aliphatic carbocycles. The first-order chi connectivity index (χ1) is 10.1. The van der Waals surface area contributed by atoms with E-state index >= 15 is 0 Å². The maximum Gasteiger partial charge on any atom is 0.163 e. The molecule has 0 spiro atoms. The first-order valence-electron chi connectivity index (χ1n) is 7.43. The molecule has 0 heterocycles. The molecular formula is C16H26ClNO3. The quantitative estimate of drug-likeness (QED) is 0.650. The van der Waals surface area contributed by atoms with Crippen molar-refractivity contribution in [3.63, 3.8) is 0 Å². The highest BCUT2D eigenvalue weighted by Crippen LogP contribution is 2.34. The van der Waals surface area contributed by atoms with Gasteiger partial charge in [-0.25, -0.2) is 0 Å². The van der Waals surface area contributed by atoms with E-state index in [2.05, 4.69) is 5.32 Å². The largest absolute Gasteiger partial charge is 0.493 e. The Hall–Kier alpha value is -0.970. The minimum atomic E-state index is 0.0745. The molecular weight excluding hydrogens is 290 g/mol. The molecule has 21 heavy (non-hydrogen) atoms. The molecule has 0 radical (unpaired) electrons. The molecule has 0 amide bonds. The molecule has 120 valence electrons. The molecule has 0 fully saturated rings. The van der Waals surface area contributed by atoms with Gasteiger partial charge in [-0.3, -0.25) is 0 Å². The van der Waals surface area contributed by atoms with Crippen LogP contribution in [0.4, 0.5) is 0 Å². The smallest absolute Gasteiger partial charge is 0.163 e. The van der Waals surface area contributed by atoms with E-state index in [0.717, 1.165) is 31.4 Å². The standard InChI is InChI=1S/C16H26ClNO3/c1-12(2)21-16-10-14(17)13(9-15(16)20-3)11-18-7-5-4-6-8-19/h9-10,12,18-19H,4-8,11H2,1-3H3. The molecule has 1 rings (SSSR count). The summed E-state index contributed by atoms with van der Waals surface area (Å²) < 4.78 is 11.1. The minimum absolute atomic E-state index is 0.0745. The third-order valence-electron chi connectivity index (χ3n) is 3.02. The van der Waals surface area contributed by atoms with Crippen LogP contribution in [0, 0.1) is 0 Å². The van der Waals surface area contributed by atoms with Crippen molar-refractivity contribution in [3.8, 4) is 11.5 Å². The molecule has 4 nitrogen and oxygen atoms in total. The summed E-state index contributed by atoms with van der Waals surface area (Å²) in [4.78, 5) is 0. The highest BCUT2D eigenvalue weighted by Gasteiger charge is 2.11. The highest BCUT2D eigenvalue weighted by atomic mass is 35.5. The number of benzene rings is 1. The zero-order valence-corrected chi connectivity index (χ0v) is 13.9. The summed E-state index contributed by atoms with van der Waals surface area (Å²) in [6.45, 7) is 5.80. The number of aliphatic hydroxyl groups is 1. The van der Waals surface area contributed by atoms with Gasteiger partial charge in [-0.15, -0.1) is 0 Å². The van der Waals surface area contributed by atoms with Crippen molar-refractivity contribution in [2.75, 3.05) is 20.3 Å². The molecule has 1 aromatic rings. The van der Waals surface area contributed by atoms with Crippen LogP contribution < -0.4 is 14.8 Å². The van der Waals surface area contributed by atoms with E-state index in [1.165, 1.54) is 0 Å². The molecule has 0 unspecified atom stereocenters. The Kier molecular flexibility index (Phi) is 8.50. The molecule has 0 aliphatic heterocycles. The summed E-state index contributed by atoms with van der Waals surface area (Å²) in [5.74, 6) is 1.37. The van der Waals surface area contributed by atoms with E-state index in [9.17, 15) is 0 Å². The van der Waals surface area contributed by atoms with Crippen LogP contribution in [0.3, 0.4) is 0 Å². The average Bonchev–Trinajstić information content (AvgIpc) is 2.44. The normalized spacial score (nSPS) is 11.0. The molecule has 0 aliphatic rings. The number of methoxy groups -OCH3 is 1. The Labute approximate surface area is 132 Å². The maximum atomic E-state index is 8.72. The SMILES string of the molecule is COc1cc(CNCCCCCO)c(Cl)cc1OC(C)C. The van der Waals surface area contributed by atoms with E-state index in [4.69, 9.17) is 26.2 Å². The predicted octanol–water partition coefficient (Wildman–Crippen LogP) is 3.39. The number of halogens is 1. The first-order valence-corrected chi connectivity index (χ1v) is 7.81. The van der Waals surface area contributed by atoms with Crippen molar-refractivity contribution in [1.82, 2.24) is 5.32 Å². The van der Waals surface area contributed by atoms with Crippen molar-refractivity contribution < 1.29 is 14.6 Å². The summed E-state index contributed by atoms with van der Waals surface area (Å²) in [5, 5.41) is 12.7. The van der Waals surface area contributed by atoms with Crippen LogP contribution in [0.2, 0.25) is 5.02 Å². The Morgan fingerprint density at radius 3 is 2.57 bits per heavy atom. The number of nitrogens with one attached hydrogen (secondary N) is 1. The predicted molar refractivity (Wildman–Crippen MR) is 86.4 cm³/mol. The molecule has 1 aromatic carbocycles. The van der Waals surface area contributed by atoms with Gasteiger partial charge in [0.05, 0.1) is 13.2 Å². The number of aliphatic hydroxyl groups excluding tert-OH is 1. The number of hydrogen-bond donors (Lipinski definition) is 2. The van der Waals surface area contributed by atoms with Gasteiger partial charge in [0.25, 0.3) is 0 Å². The van der Waals surface area contributed by atoms with Crippen molar-refractivity contribution in [3.05, 3.63) is 22.7 Å². The third kappa shape index (κ3) is 6.55. The topological polar surface area (TPSA) is 50.7 Å². The van der Waals surface area contributed by atoms with Crippen LogP contribution in [0.1, 0.15) is 38.7 Å². The molecule has 0 bridgehead atoms.